The zero-order valence-corrected chi connectivity index (χ0v) is 20.5. The van der Waals surface area contributed by atoms with Crippen LogP contribution in [0.3, 0.4) is 0 Å². The van der Waals surface area contributed by atoms with Gasteiger partial charge in [-0.2, -0.15) is 0 Å². The molecule has 7 nitrogen and oxygen atoms in total. The van der Waals surface area contributed by atoms with Crippen LogP contribution >= 0.6 is 0 Å². The molecule has 0 spiro atoms. The van der Waals surface area contributed by atoms with Gasteiger partial charge in [-0.15, -0.1) is 0 Å². The summed E-state index contributed by atoms with van der Waals surface area (Å²) in [6.07, 6.45) is 7.31. The average molecular weight is 479 g/mol. The first-order chi connectivity index (χ1) is 16.9. The molecule has 2 aromatic carbocycles. The number of hydrogen-bond donors (Lipinski definition) is 2. The number of hydrogen-bond acceptors (Lipinski definition) is 5. The van der Waals surface area contributed by atoms with E-state index in [9.17, 15) is 9.59 Å². The molecule has 0 aliphatic heterocycles. The second-order valence-corrected chi connectivity index (χ2v) is 10.3. The molecule has 4 bridgehead atoms. The smallest absolute Gasteiger partial charge is 0.262 e. The van der Waals surface area contributed by atoms with Gasteiger partial charge >= 0.3 is 0 Å². The molecule has 0 atom stereocenters. The Labute approximate surface area is 206 Å². The van der Waals surface area contributed by atoms with E-state index in [0.29, 0.717) is 29.4 Å². The lowest BCUT2D eigenvalue weighted by Crippen LogP contribution is -2.59. The quantitative estimate of drug-likeness (QED) is 0.540. The van der Waals surface area contributed by atoms with E-state index in [1.54, 1.807) is 42.5 Å². The number of amides is 2. The third kappa shape index (κ3) is 5.24. The Morgan fingerprint density at radius 2 is 1.57 bits per heavy atom. The van der Waals surface area contributed by atoms with Crippen molar-refractivity contribution in [1.29, 1.82) is 0 Å². The number of methoxy groups -OCH3 is 1. The van der Waals surface area contributed by atoms with E-state index >= 15 is 0 Å². The molecule has 0 aromatic heterocycles. The van der Waals surface area contributed by atoms with Crippen molar-refractivity contribution < 1.29 is 23.8 Å². The number of anilines is 1. The molecule has 0 heterocycles. The Balaban J connectivity index is 1.18. The molecule has 186 valence electrons. The lowest BCUT2D eigenvalue weighted by Gasteiger charge is -2.56. The Hall–Kier alpha value is -3.22. The minimum Gasteiger partial charge on any atom is -0.494 e. The van der Waals surface area contributed by atoms with Gasteiger partial charge in [0, 0.05) is 16.8 Å². The summed E-state index contributed by atoms with van der Waals surface area (Å²) in [6, 6.07) is 12.3. The third-order valence-corrected chi connectivity index (χ3v) is 7.65. The fraction of sp³-hybridized carbons (Fsp3) is 0.500. The third-order valence-electron chi connectivity index (χ3n) is 7.65. The maximum atomic E-state index is 13.2. The van der Waals surface area contributed by atoms with Gasteiger partial charge in [0.25, 0.3) is 11.8 Å². The SMILES string of the molecule is CCOc1ccc(NC(=O)COc2ccc(C(=O)NC34CC5CC(CC(C5)C3)C4)cc2OC)cc1. The van der Waals surface area contributed by atoms with Crippen molar-refractivity contribution in [1.82, 2.24) is 5.32 Å². The molecule has 2 N–H and O–H groups in total. The fourth-order valence-corrected chi connectivity index (χ4v) is 6.65. The summed E-state index contributed by atoms with van der Waals surface area (Å²) in [7, 11) is 1.53. The van der Waals surface area contributed by atoms with Gasteiger partial charge in [0.2, 0.25) is 0 Å². The summed E-state index contributed by atoms with van der Waals surface area (Å²) < 4.78 is 16.6. The van der Waals surface area contributed by atoms with Crippen LogP contribution < -0.4 is 24.8 Å². The Morgan fingerprint density at radius 3 is 2.17 bits per heavy atom. The van der Waals surface area contributed by atoms with Crippen molar-refractivity contribution in [3.05, 3.63) is 48.0 Å². The van der Waals surface area contributed by atoms with E-state index < -0.39 is 0 Å². The molecule has 6 rings (SSSR count). The van der Waals surface area contributed by atoms with Crippen LogP contribution in [0.15, 0.2) is 42.5 Å². The van der Waals surface area contributed by atoms with Gasteiger partial charge in [0.1, 0.15) is 5.75 Å². The summed E-state index contributed by atoms with van der Waals surface area (Å²) in [6.45, 7) is 2.33. The van der Waals surface area contributed by atoms with Crippen LogP contribution in [0.25, 0.3) is 0 Å². The number of carbonyl (C=O) groups excluding carboxylic acids is 2. The Bertz CT molecular complexity index is 1050. The monoisotopic (exact) mass is 478 g/mol. The van der Waals surface area contributed by atoms with Gasteiger partial charge in [-0.1, -0.05) is 0 Å². The Morgan fingerprint density at radius 1 is 0.914 bits per heavy atom. The molecule has 0 saturated heterocycles. The molecular weight excluding hydrogens is 444 g/mol. The Kier molecular flexibility index (Phi) is 6.58. The first-order valence-electron chi connectivity index (χ1n) is 12.6. The molecule has 7 heteroatoms. The van der Waals surface area contributed by atoms with Gasteiger partial charge < -0.3 is 24.8 Å². The van der Waals surface area contributed by atoms with Crippen molar-refractivity contribution in [2.24, 2.45) is 17.8 Å². The largest absolute Gasteiger partial charge is 0.494 e. The molecule has 4 fully saturated rings. The van der Waals surface area contributed by atoms with E-state index in [2.05, 4.69) is 10.6 Å². The highest BCUT2D eigenvalue weighted by Crippen LogP contribution is 2.55. The molecule has 35 heavy (non-hydrogen) atoms. The standard InChI is InChI=1S/C28H34N2O5/c1-3-34-23-7-5-22(6-8-23)29-26(31)17-35-24-9-4-21(13-25(24)33-2)27(32)30-28-14-18-10-19(15-28)12-20(11-18)16-28/h4-9,13,18-20H,3,10-12,14-17H2,1-2H3,(H,29,31)(H,30,32). The zero-order chi connectivity index (χ0) is 24.4. The number of carbonyl (C=O) groups is 2. The van der Waals surface area contributed by atoms with Crippen molar-refractivity contribution >= 4 is 17.5 Å². The first-order valence-corrected chi connectivity index (χ1v) is 12.6. The maximum absolute atomic E-state index is 13.2. The molecule has 0 unspecified atom stereocenters. The molecule has 0 radical (unpaired) electrons. The van der Waals surface area contributed by atoms with Crippen molar-refractivity contribution in [2.45, 2.75) is 51.0 Å². The summed E-state index contributed by atoms with van der Waals surface area (Å²) in [5, 5.41) is 6.19. The predicted octanol–water partition coefficient (Wildman–Crippen LogP) is 4.81. The van der Waals surface area contributed by atoms with E-state index in [4.69, 9.17) is 14.2 Å². The van der Waals surface area contributed by atoms with Gasteiger partial charge in [0.05, 0.1) is 13.7 Å². The molecule has 4 saturated carbocycles. The van der Waals surface area contributed by atoms with E-state index in [1.165, 1.54) is 26.4 Å². The summed E-state index contributed by atoms with van der Waals surface area (Å²) in [4.78, 5) is 25.5. The molecule has 2 aromatic rings. The number of nitrogens with one attached hydrogen (secondary N) is 2. The second kappa shape index (κ2) is 9.80. The van der Waals surface area contributed by atoms with Crippen molar-refractivity contribution in [3.8, 4) is 17.2 Å². The molecular formula is C28H34N2O5. The minimum atomic E-state index is -0.292. The molecule has 4 aliphatic carbocycles. The van der Waals surface area contributed by atoms with Crippen molar-refractivity contribution in [3.63, 3.8) is 0 Å². The van der Waals surface area contributed by atoms with Gasteiger partial charge in [-0.25, -0.2) is 0 Å². The van der Waals surface area contributed by atoms with Crippen LogP contribution in [0.1, 0.15) is 55.8 Å². The van der Waals surface area contributed by atoms with Gasteiger partial charge in [0.15, 0.2) is 18.1 Å². The van der Waals surface area contributed by atoms with Gasteiger partial charge in [-0.05, 0) is 106 Å². The van der Waals surface area contributed by atoms with Crippen LogP contribution in [-0.2, 0) is 4.79 Å². The normalized spacial score (nSPS) is 26.2. The summed E-state index contributed by atoms with van der Waals surface area (Å²) in [5.41, 5.74) is 1.15. The average Bonchev–Trinajstić information content (AvgIpc) is 2.83. The zero-order valence-electron chi connectivity index (χ0n) is 20.5. The van der Waals surface area contributed by atoms with Crippen LogP contribution in [0.5, 0.6) is 17.2 Å². The van der Waals surface area contributed by atoms with Crippen LogP contribution in [0.2, 0.25) is 0 Å². The predicted molar refractivity (Wildman–Crippen MR) is 133 cm³/mol. The van der Waals surface area contributed by atoms with Crippen LogP contribution in [-0.4, -0.2) is 37.7 Å². The van der Waals surface area contributed by atoms with E-state index in [0.717, 1.165) is 42.8 Å². The van der Waals surface area contributed by atoms with Crippen LogP contribution in [0.4, 0.5) is 5.69 Å². The fourth-order valence-electron chi connectivity index (χ4n) is 6.65. The highest BCUT2D eigenvalue weighted by atomic mass is 16.5. The summed E-state index contributed by atoms with van der Waals surface area (Å²) in [5.74, 6) is 3.53. The van der Waals surface area contributed by atoms with E-state index in [-0.39, 0.29) is 24.0 Å². The first kappa shape index (κ1) is 23.5. The van der Waals surface area contributed by atoms with E-state index in [1.807, 2.05) is 6.92 Å². The number of benzene rings is 2. The van der Waals surface area contributed by atoms with Gasteiger partial charge in [-0.3, -0.25) is 9.59 Å². The molecule has 4 aliphatic rings. The summed E-state index contributed by atoms with van der Waals surface area (Å²) >= 11 is 0. The highest BCUT2D eigenvalue weighted by molar-refractivity contribution is 5.95. The number of rotatable bonds is 9. The highest BCUT2D eigenvalue weighted by Gasteiger charge is 2.51. The number of ether oxygens (including phenoxy) is 3. The minimum absolute atomic E-state index is 0.0484. The topological polar surface area (TPSA) is 85.9 Å². The second-order valence-electron chi connectivity index (χ2n) is 10.3. The van der Waals surface area contributed by atoms with Crippen molar-refractivity contribution in [2.75, 3.05) is 25.6 Å². The lowest BCUT2D eigenvalue weighted by atomic mass is 9.53. The van der Waals surface area contributed by atoms with Crippen LogP contribution in [0, 0.1) is 17.8 Å². The maximum Gasteiger partial charge on any atom is 0.262 e. The lowest BCUT2D eigenvalue weighted by molar-refractivity contribution is -0.118. The molecule has 2 amide bonds.